The summed E-state index contributed by atoms with van der Waals surface area (Å²) in [6.45, 7) is 6.23. The first kappa shape index (κ1) is 17.6. The van der Waals surface area contributed by atoms with Gasteiger partial charge in [-0.25, -0.2) is 4.79 Å². The maximum Gasteiger partial charge on any atom is 0.322 e. The predicted molar refractivity (Wildman–Crippen MR) is 97.6 cm³/mol. The molecule has 0 bridgehead atoms. The number of hydrogen-bond donors (Lipinski definition) is 1. The fourth-order valence-corrected chi connectivity index (χ4v) is 3.42. The first-order valence-corrected chi connectivity index (χ1v) is 9.02. The lowest BCUT2D eigenvalue weighted by molar-refractivity contribution is -0.00517. The molecule has 1 aromatic carbocycles. The molecule has 2 aliphatic rings. The van der Waals surface area contributed by atoms with Gasteiger partial charge in [0.2, 0.25) is 0 Å². The second-order valence-electron chi connectivity index (χ2n) is 6.94. The summed E-state index contributed by atoms with van der Waals surface area (Å²) in [5.74, 6) is 0. The number of para-hydroxylation sites is 2. The Hall–Kier alpha value is -2.26. The molecule has 3 rings (SSSR count). The fourth-order valence-electron chi connectivity index (χ4n) is 3.42. The first-order valence-electron chi connectivity index (χ1n) is 9.02. The van der Waals surface area contributed by atoms with E-state index in [4.69, 9.17) is 10.00 Å². The smallest absolute Gasteiger partial charge is 0.322 e. The molecule has 1 saturated heterocycles. The predicted octanol–water partition coefficient (Wildman–Crippen LogP) is 3.21. The van der Waals surface area contributed by atoms with E-state index in [2.05, 4.69) is 30.1 Å². The summed E-state index contributed by atoms with van der Waals surface area (Å²) in [6.07, 6.45) is 2.74. The topological polar surface area (TPSA) is 68.6 Å². The molecule has 2 fully saturated rings. The zero-order valence-corrected chi connectivity index (χ0v) is 14.9. The fraction of sp³-hybridized carbons (Fsp3) is 0.579. The molecule has 1 aliphatic carbocycles. The average molecular weight is 342 g/mol. The van der Waals surface area contributed by atoms with Crippen molar-refractivity contribution < 1.29 is 9.53 Å². The quantitative estimate of drug-likeness (QED) is 0.892. The van der Waals surface area contributed by atoms with Gasteiger partial charge < -0.3 is 19.9 Å². The molecule has 1 N–H and O–H groups in total. The molecular weight excluding hydrogens is 316 g/mol. The van der Waals surface area contributed by atoms with E-state index in [1.54, 1.807) is 4.90 Å². The van der Waals surface area contributed by atoms with Crippen LogP contribution >= 0.6 is 0 Å². The van der Waals surface area contributed by atoms with Crippen molar-refractivity contribution in [3.63, 3.8) is 0 Å². The summed E-state index contributed by atoms with van der Waals surface area (Å²) in [6, 6.07) is 10.2. The lowest BCUT2D eigenvalue weighted by Gasteiger charge is -2.37. The molecule has 0 aromatic heterocycles. The molecule has 1 saturated carbocycles. The van der Waals surface area contributed by atoms with E-state index < -0.39 is 0 Å². The molecule has 2 amide bonds. The van der Waals surface area contributed by atoms with E-state index >= 15 is 0 Å². The summed E-state index contributed by atoms with van der Waals surface area (Å²) >= 11 is 0. The van der Waals surface area contributed by atoms with E-state index in [0.717, 1.165) is 37.3 Å². The lowest BCUT2D eigenvalue weighted by Crippen LogP contribution is -2.46. The van der Waals surface area contributed by atoms with Crippen molar-refractivity contribution in [2.24, 2.45) is 0 Å². The molecule has 6 nitrogen and oxygen atoms in total. The van der Waals surface area contributed by atoms with Crippen LogP contribution in [0.3, 0.4) is 0 Å². The molecule has 134 valence electrons. The van der Waals surface area contributed by atoms with Gasteiger partial charge in [-0.3, -0.25) is 0 Å². The van der Waals surface area contributed by atoms with Crippen molar-refractivity contribution in [2.75, 3.05) is 29.9 Å². The molecule has 1 aliphatic heterocycles. The molecule has 25 heavy (non-hydrogen) atoms. The van der Waals surface area contributed by atoms with Gasteiger partial charge in [0.25, 0.3) is 0 Å². The molecule has 0 spiro atoms. The van der Waals surface area contributed by atoms with Crippen LogP contribution in [-0.2, 0) is 4.74 Å². The Kier molecular flexibility index (Phi) is 5.44. The van der Waals surface area contributed by atoms with E-state index in [1.165, 1.54) is 0 Å². The highest BCUT2D eigenvalue weighted by atomic mass is 16.5. The highest BCUT2D eigenvalue weighted by Gasteiger charge is 2.33. The maximum absolute atomic E-state index is 12.7. The van der Waals surface area contributed by atoms with Gasteiger partial charge in [-0.05, 0) is 38.8 Å². The van der Waals surface area contributed by atoms with Crippen molar-refractivity contribution in [1.82, 2.24) is 4.90 Å². The van der Waals surface area contributed by atoms with Gasteiger partial charge in [0.1, 0.15) is 0 Å². The number of nitriles is 1. The number of amides is 2. The third-order valence-corrected chi connectivity index (χ3v) is 4.62. The van der Waals surface area contributed by atoms with Crippen molar-refractivity contribution >= 4 is 17.4 Å². The Bertz CT molecular complexity index is 643. The number of nitrogens with zero attached hydrogens (tertiary/aromatic N) is 3. The van der Waals surface area contributed by atoms with Crippen LogP contribution < -0.4 is 10.2 Å². The van der Waals surface area contributed by atoms with Crippen molar-refractivity contribution in [3.05, 3.63) is 24.3 Å². The molecule has 2 unspecified atom stereocenters. The number of hydrogen-bond acceptors (Lipinski definition) is 4. The van der Waals surface area contributed by atoms with Gasteiger partial charge in [-0.1, -0.05) is 12.1 Å². The number of morpholine rings is 1. The zero-order chi connectivity index (χ0) is 17.8. The van der Waals surface area contributed by atoms with Crippen LogP contribution in [0, 0.1) is 11.3 Å². The van der Waals surface area contributed by atoms with Crippen LogP contribution in [0.5, 0.6) is 0 Å². The second kappa shape index (κ2) is 7.75. The maximum atomic E-state index is 12.7. The van der Waals surface area contributed by atoms with Crippen LogP contribution in [0.1, 0.15) is 33.1 Å². The van der Waals surface area contributed by atoms with Crippen LogP contribution in [0.4, 0.5) is 16.2 Å². The highest BCUT2D eigenvalue weighted by Crippen LogP contribution is 2.31. The summed E-state index contributed by atoms with van der Waals surface area (Å²) < 4.78 is 5.81. The van der Waals surface area contributed by atoms with E-state index in [-0.39, 0.29) is 24.3 Å². The number of carbonyl (C=O) groups excluding carboxylic acids is 1. The number of urea groups is 1. The largest absolute Gasteiger partial charge is 0.372 e. The Morgan fingerprint density at radius 2 is 2.00 bits per heavy atom. The van der Waals surface area contributed by atoms with Crippen LogP contribution in [0.15, 0.2) is 24.3 Å². The van der Waals surface area contributed by atoms with E-state index in [9.17, 15) is 4.79 Å². The SMILES string of the molecule is CC1CN(c2ccccc2NC(=O)N(CCC#N)C2CC2)CC(C)O1. The zero-order valence-electron chi connectivity index (χ0n) is 14.9. The Morgan fingerprint density at radius 1 is 1.32 bits per heavy atom. The third kappa shape index (κ3) is 4.43. The van der Waals surface area contributed by atoms with Gasteiger partial charge in [-0.15, -0.1) is 0 Å². The van der Waals surface area contributed by atoms with Crippen LogP contribution in [0.2, 0.25) is 0 Å². The summed E-state index contributed by atoms with van der Waals surface area (Å²) in [5.41, 5.74) is 1.84. The van der Waals surface area contributed by atoms with E-state index in [0.29, 0.717) is 13.0 Å². The number of anilines is 2. The molecule has 1 heterocycles. The third-order valence-electron chi connectivity index (χ3n) is 4.62. The summed E-state index contributed by atoms with van der Waals surface area (Å²) in [5, 5.41) is 11.9. The van der Waals surface area contributed by atoms with Gasteiger partial charge in [-0.2, -0.15) is 5.26 Å². The minimum atomic E-state index is -0.112. The molecule has 1 aromatic rings. The molecular formula is C19H26N4O2. The summed E-state index contributed by atoms with van der Waals surface area (Å²) in [7, 11) is 0. The Labute approximate surface area is 149 Å². The second-order valence-corrected chi connectivity index (χ2v) is 6.94. The van der Waals surface area contributed by atoms with Crippen LogP contribution in [0.25, 0.3) is 0 Å². The lowest BCUT2D eigenvalue weighted by atomic mass is 10.1. The Morgan fingerprint density at radius 3 is 2.64 bits per heavy atom. The normalized spacial score (nSPS) is 23.0. The number of rotatable bonds is 5. The minimum absolute atomic E-state index is 0.112. The van der Waals surface area contributed by atoms with Gasteiger partial charge >= 0.3 is 6.03 Å². The first-order chi connectivity index (χ1) is 12.1. The van der Waals surface area contributed by atoms with Gasteiger partial charge in [0.05, 0.1) is 36.1 Å². The number of carbonyl (C=O) groups is 1. The monoisotopic (exact) mass is 342 g/mol. The number of ether oxygens (including phenoxy) is 1. The minimum Gasteiger partial charge on any atom is -0.372 e. The Balaban J connectivity index is 1.74. The average Bonchev–Trinajstić information content (AvgIpc) is 3.40. The molecule has 6 heteroatoms. The highest BCUT2D eigenvalue weighted by molar-refractivity contribution is 5.93. The van der Waals surface area contributed by atoms with Crippen molar-refractivity contribution in [3.8, 4) is 6.07 Å². The standard InChI is InChI=1S/C19H26N4O2/c1-14-12-22(13-15(2)25-14)18-7-4-3-6-17(18)21-19(24)23(11-5-10-20)16-8-9-16/h3-4,6-7,14-16H,5,8-9,11-13H2,1-2H3,(H,21,24). The van der Waals surface area contributed by atoms with Gasteiger partial charge in [0.15, 0.2) is 0 Å². The van der Waals surface area contributed by atoms with Crippen molar-refractivity contribution in [2.45, 2.75) is 51.4 Å². The van der Waals surface area contributed by atoms with Gasteiger partial charge in [0, 0.05) is 25.7 Å². The van der Waals surface area contributed by atoms with Crippen LogP contribution in [-0.4, -0.2) is 48.8 Å². The number of benzene rings is 1. The number of nitrogens with one attached hydrogen (secondary N) is 1. The van der Waals surface area contributed by atoms with E-state index in [1.807, 2.05) is 24.3 Å². The summed E-state index contributed by atoms with van der Waals surface area (Å²) in [4.78, 5) is 16.8. The molecule has 0 radical (unpaired) electrons. The van der Waals surface area contributed by atoms with Crippen molar-refractivity contribution in [1.29, 1.82) is 5.26 Å². The molecule has 2 atom stereocenters.